The van der Waals surface area contributed by atoms with Gasteiger partial charge in [0, 0.05) is 17.6 Å². The van der Waals surface area contributed by atoms with Gasteiger partial charge in [-0.2, -0.15) is 5.10 Å². The minimum absolute atomic E-state index is 0.158. The number of pyridine rings is 1. The summed E-state index contributed by atoms with van der Waals surface area (Å²) >= 11 is 0. The van der Waals surface area contributed by atoms with E-state index in [1.165, 1.54) is 0 Å². The standard InChI is InChI=1S/C20H20N4O2/c1-13-9-10-24(23-13)16-7-4-6-15(12-16)21-19(25)17-11-14-5-2-3-8-18(14)22-20(17)26/h4,6-7,9-12H,2-3,5,8H2,1H3,(H,21,25)(H,22,26). The topological polar surface area (TPSA) is 79.8 Å². The Morgan fingerprint density at radius 3 is 2.85 bits per heavy atom. The van der Waals surface area contributed by atoms with Crippen molar-refractivity contribution in [3.05, 3.63) is 75.5 Å². The van der Waals surface area contributed by atoms with Crippen LogP contribution in [0.2, 0.25) is 0 Å². The first-order chi connectivity index (χ1) is 12.6. The van der Waals surface area contributed by atoms with Gasteiger partial charge in [0.1, 0.15) is 5.56 Å². The number of aryl methyl sites for hydroxylation is 3. The van der Waals surface area contributed by atoms with E-state index in [1.54, 1.807) is 16.8 Å². The molecule has 26 heavy (non-hydrogen) atoms. The summed E-state index contributed by atoms with van der Waals surface area (Å²) in [5.41, 5.74) is 4.25. The lowest BCUT2D eigenvalue weighted by Gasteiger charge is -2.16. The SMILES string of the molecule is Cc1ccn(-c2cccc(NC(=O)c3cc4c([nH]c3=O)CCCC4)c2)n1. The highest BCUT2D eigenvalue weighted by Gasteiger charge is 2.17. The Labute approximate surface area is 150 Å². The highest BCUT2D eigenvalue weighted by atomic mass is 16.2. The van der Waals surface area contributed by atoms with E-state index in [2.05, 4.69) is 15.4 Å². The number of benzene rings is 1. The molecule has 1 aliphatic rings. The maximum atomic E-state index is 12.6. The average Bonchev–Trinajstić information content (AvgIpc) is 3.08. The van der Waals surface area contributed by atoms with Crippen LogP contribution in [-0.2, 0) is 12.8 Å². The third-order valence-corrected chi connectivity index (χ3v) is 4.67. The molecule has 0 atom stereocenters. The quantitative estimate of drug-likeness (QED) is 0.763. The molecule has 0 fully saturated rings. The van der Waals surface area contributed by atoms with Crippen molar-refractivity contribution < 1.29 is 4.79 Å². The molecule has 2 heterocycles. The van der Waals surface area contributed by atoms with E-state index in [0.717, 1.165) is 48.3 Å². The number of aromatic nitrogens is 3. The summed E-state index contributed by atoms with van der Waals surface area (Å²) in [6, 6.07) is 11.0. The Hall–Kier alpha value is -3.15. The van der Waals surface area contributed by atoms with Crippen molar-refractivity contribution in [2.75, 3.05) is 5.32 Å². The molecule has 0 aliphatic heterocycles. The fourth-order valence-electron chi connectivity index (χ4n) is 3.33. The van der Waals surface area contributed by atoms with Gasteiger partial charge < -0.3 is 10.3 Å². The van der Waals surface area contributed by atoms with Crippen LogP contribution in [0.15, 0.2) is 47.4 Å². The Morgan fingerprint density at radius 2 is 2.04 bits per heavy atom. The lowest BCUT2D eigenvalue weighted by molar-refractivity contribution is 0.102. The molecule has 0 saturated carbocycles. The minimum atomic E-state index is -0.395. The van der Waals surface area contributed by atoms with Crippen LogP contribution in [0.5, 0.6) is 0 Å². The molecule has 0 unspecified atom stereocenters. The third kappa shape index (κ3) is 3.18. The summed E-state index contributed by atoms with van der Waals surface area (Å²) in [6.07, 6.45) is 5.81. The highest BCUT2D eigenvalue weighted by molar-refractivity contribution is 6.04. The second kappa shape index (κ2) is 6.63. The molecule has 3 aromatic rings. The van der Waals surface area contributed by atoms with Gasteiger partial charge in [0.25, 0.3) is 11.5 Å². The molecule has 0 radical (unpaired) electrons. The van der Waals surface area contributed by atoms with Crippen molar-refractivity contribution in [1.82, 2.24) is 14.8 Å². The molecule has 0 spiro atoms. The van der Waals surface area contributed by atoms with Gasteiger partial charge in [-0.15, -0.1) is 0 Å². The lowest BCUT2D eigenvalue weighted by Crippen LogP contribution is -2.26. The van der Waals surface area contributed by atoms with Crippen molar-refractivity contribution in [2.24, 2.45) is 0 Å². The van der Waals surface area contributed by atoms with Crippen molar-refractivity contribution in [1.29, 1.82) is 0 Å². The van der Waals surface area contributed by atoms with E-state index in [4.69, 9.17) is 0 Å². The summed E-state index contributed by atoms with van der Waals surface area (Å²) < 4.78 is 1.75. The number of carbonyl (C=O) groups excluding carboxylic acids is 1. The van der Waals surface area contributed by atoms with E-state index < -0.39 is 5.91 Å². The summed E-state index contributed by atoms with van der Waals surface area (Å²) in [6.45, 7) is 1.92. The van der Waals surface area contributed by atoms with Crippen LogP contribution < -0.4 is 10.9 Å². The van der Waals surface area contributed by atoms with Crippen LogP contribution in [-0.4, -0.2) is 20.7 Å². The number of anilines is 1. The van der Waals surface area contributed by atoms with Crippen molar-refractivity contribution >= 4 is 11.6 Å². The predicted molar refractivity (Wildman–Crippen MR) is 100.0 cm³/mol. The number of fused-ring (bicyclic) bond motifs is 1. The second-order valence-electron chi connectivity index (χ2n) is 6.63. The van der Waals surface area contributed by atoms with E-state index in [9.17, 15) is 9.59 Å². The molecule has 1 aromatic carbocycles. The first-order valence-corrected chi connectivity index (χ1v) is 8.79. The average molecular weight is 348 g/mol. The van der Waals surface area contributed by atoms with E-state index in [-0.39, 0.29) is 11.1 Å². The number of hydrogen-bond acceptors (Lipinski definition) is 3. The Morgan fingerprint density at radius 1 is 1.19 bits per heavy atom. The Bertz CT molecular complexity index is 1030. The number of H-pyrrole nitrogens is 1. The maximum Gasteiger partial charge on any atom is 0.261 e. The van der Waals surface area contributed by atoms with E-state index >= 15 is 0 Å². The van der Waals surface area contributed by atoms with Crippen molar-refractivity contribution in [3.8, 4) is 5.69 Å². The molecule has 1 amide bonds. The number of aromatic amines is 1. The Kier molecular flexibility index (Phi) is 4.16. The number of amides is 1. The minimum Gasteiger partial charge on any atom is -0.325 e. The van der Waals surface area contributed by atoms with Gasteiger partial charge in [-0.3, -0.25) is 9.59 Å². The third-order valence-electron chi connectivity index (χ3n) is 4.67. The first kappa shape index (κ1) is 16.3. The molecule has 0 bridgehead atoms. The van der Waals surface area contributed by atoms with Crippen molar-refractivity contribution in [2.45, 2.75) is 32.6 Å². The van der Waals surface area contributed by atoms with Crippen LogP contribution in [0.3, 0.4) is 0 Å². The number of rotatable bonds is 3. The zero-order valence-corrected chi connectivity index (χ0v) is 14.6. The molecule has 6 heteroatoms. The summed E-state index contributed by atoms with van der Waals surface area (Å²) in [5, 5.41) is 7.19. The first-order valence-electron chi connectivity index (χ1n) is 8.79. The molecule has 1 aliphatic carbocycles. The zero-order valence-electron chi connectivity index (χ0n) is 14.6. The van der Waals surface area contributed by atoms with E-state index in [1.807, 2.05) is 37.4 Å². The molecular weight excluding hydrogens is 328 g/mol. The maximum absolute atomic E-state index is 12.6. The number of nitrogens with one attached hydrogen (secondary N) is 2. The van der Waals surface area contributed by atoms with E-state index in [0.29, 0.717) is 5.69 Å². The normalized spacial score (nSPS) is 13.3. The molecule has 6 nitrogen and oxygen atoms in total. The molecule has 2 aromatic heterocycles. The Balaban J connectivity index is 1.60. The molecule has 4 rings (SSSR count). The summed E-state index contributed by atoms with van der Waals surface area (Å²) in [5.74, 6) is -0.395. The number of nitrogens with zero attached hydrogens (tertiary/aromatic N) is 2. The van der Waals surface area contributed by atoms with Gasteiger partial charge in [-0.1, -0.05) is 6.07 Å². The van der Waals surface area contributed by atoms with Gasteiger partial charge in [-0.05, 0) is 68.5 Å². The zero-order chi connectivity index (χ0) is 18.1. The second-order valence-corrected chi connectivity index (χ2v) is 6.63. The monoisotopic (exact) mass is 348 g/mol. The largest absolute Gasteiger partial charge is 0.325 e. The van der Waals surface area contributed by atoms with Crippen LogP contribution in [0.4, 0.5) is 5.69 Å². The highest BCUT2D eigenvalue weighted by Crippen LogP contribution is 2.19. The van der Waals surface area contributed by atoms with Gasteiger partial charge >= 0.3 is 0 Å². The fraction of sp³-hybridized carbons (Fsp3) is 0.250. The van der Waals surface area contributed by atoms with Crippen LogP contribution >= 0.6 is 0 Å². The number of carbonyl (C=O) groups is 1. The molecule has 0 saturated heterocycles. The van der Waals surface area contributed by atoms with Gasteiger partial charge in [-0.25, -0.2) is 4.68 Å². The van der Waals surface area contributed by atoms with Crippen LogP contribution in [0.1, 0.15) is 40.2 Å². The molecule has 2 N–H and O–H groups in total. The lowest BCUT2D eigenvalue weighted by atomic mass is 9.95. The van der Waals surface area contributed by atoms with Gasteiger partial charge in [0.2, 0.25) is 0 Å². The molecular formula is C20H20N4O2. The number of hydrogen-bond donors (Lipinski definition) is 2. The van der Waals surface area contributed by atoms with Gasteiger partial charge in [0.15, 0.2) is 0 Å². The summed E-state index contributed by atoms with van der Waals surface area (Å²) in [7, 11) is 0. The van der Waals surface area contributed by atoms with Crippen LogP contribution in [0, 0.1) is 6.92 Å². The van der Waals surface area contributed by atoms with Gasteiger partial charge in [0.05, 0.1) is 11.4 Å². The fourth-order valence-corrected chi connectivity index (χ4v) is 3.33. The predicted octanol–water partition coefficient (Wildman–Crippen LogP) is 3.00. The van der Waals surface area contributed by atoms with Crippen molar-refractivity contribution in [3.63, 3.8) is 0 Å². The smallest absolute Gasteiger partial charge is 0.261 e. The molecule has 132 valence electrons. The summed E-state index contributed by atoms with van der Waals surface area (Å²) in [4.78, 5) is 27.8. The van der Waals surface area contributed by atoms with Crippen LogP contribution in [0.25, 0.3) is 5.69 Å².